The molecule has 1 unspecified atom stereocenters. The van der Waals surface area contributed by atoms with Crippen LogP contribution in [0, 0.1) is 11.6 Å². The van der Waals surface area contributed by atoms with E-state index in [1.807, 2.05) is 0 Å². The molecule has 1 aromatic carbocycles. The van der Waals surface area contributed by atoms with Crippen molar-refractivity contribution in [2.24, 2.45) is 0 Å². The lowest BCUT2D eigenvalue weighted by atomic mass is 10.1. The molecule has 1 aliphatic rings. The van der Waals surface area contributed by atoms with Crippen molar-refractivity contribution < 1.29 is 13.9 Å². The largest absolute Gasteiger partial charge is 0.397 e. The van der Waals surface area contributed by atoms with Crippen LogP contribution in [0.25, 0.3) is 0 Å². The molecular weight excluding hydrogens is 214 g/mol. The molecule has 1 atom stereocenters. The van der Waals surface area contributed by atoms with Gasteiger partial charge in [-0.15, -0.1) is 0 Å². The van der Waals surface area contributed by atoms with E-state index in [0.29, 0.717) is 13.0 Å². The Kier molecular flexibility index (Phi) is 2.50. The second-order valence-corrected chi connectivity index (χ2v) is 4.47. The summed E-state index contributed by atoms with van der Waals surface area (Å²) in [7, 11) is 0. The first-order valence-corrected chi connectivity index (χ1v) is 5.11. The molecule has 1 fully saturated rings. The summed E-state index contributed by atoms with van der Waals surface area (Å²) in [4.78, 5) is 1.58. The highest BCUT2D eigenvalue weighted by atomic mass is 19.2. The Morgan fingerprint density at radius 1 is 1.44 bits per heavy atom. The summed E-state index contributed by atoms with van der Waals surface area (Å²) in [5, 5.41) is 9.78. The summed E-state index contributed by atoms with van der Waals surface area (Å²) >= 11 is 0. The van der Waals surface area contributed by atoms with Crippen LogP contribution in [0.2, 0.25) is 0 Å². The number of aliphatic hydroxyl groups is 1. The van der Waals surface area contributed by atoms with Crippen LogP contribution in [-0.4, -0.2) is 23.8 Å². The van der Waals surface area contributed by atoms with E-state index in [1.165, 1.54) is 6.07 Å². The number of benzene rings is 1. The van der Waals surface area contributed by atoms with Crippen molar-refractivity contribution in [3.63, 3.8) is 0 Å². The Labute approximate surface area is 92.5 Å². The minimum atomic E-state index is -0.947. The molecule has 3 nitrogen and oxygen atoms in total. The number of anilines is 2. The average Bonchev–Trinajstić information content (AvgIpc) is 2.53. The molecule has 0 aromatic heterocycles. The van der Waals surface area contributed by atoms with Crippen molar-refractivity contribution in [3.05, 3.63) is 23.8 Å². The molecule has 3 N–H and O–H groups in total. The van der Waals surface area contributed by atoms with Gasteiger partial charge in [-0.05, 0) is 25.5 Å². The van der Waals surface area contributed by atoms with Gasteiger partial charge < -0.3 is 15.7 Å². The summed E-state index contributed by atoms with van der Waals surface area (Å²) < 4.78 is 26.7. The molecule has 5 heteroatoms. The second kappa shape index (κ2) is 3.59. The summed E-state index contributed by atoms with van der Waals surface area (Å²) in [5.41, 5.74) is 5.00. The van der Waals surface area contributed by atoms with Crippen molar-refractivity contribution in [3.8, 4) is 0 Å². The van der Waals surface area contributed by atoms with Crippen LogP contribution in [0.5, 0.6) is 0 Å². The van der Waals surface area contributed by atoms with Crippen molar-refractivity contribution >= 4 is 11.4 Å². The lowest BCUT2D eigenvalue weighted by Gasteiger charge is -2.22. The van der Waals surface area contributed by atoms with Crippen LogP contribution in [0.4, 0.5) is 20.2 Å². The average molecular weight is 228 g/mol. The summed E-state index contributed by atoms with van der Waals surface area (Å²) in [6, 6.07) is 2.34. The number of rotatable bonds is 1. The molecule has 1 saturated heterocycles. The highest BCUT2D eigenvalue weighted by molar-refractivity contribution is 5.69. The Hall–Kier alpha value is -1.36. The molecule has 0 spiro atoms. The molecule has 0 aliphatic carbocycles. The molecule has 88 valence electrons. The van der Waals surface area contributed by atoms with Gasteiger partial charge >= 0.3 is 0 Å². The Bertz CT molecular complexity index is 421. The third kappa shape index (κ3) is 1.82. The lowest BCUT2D eigenvalue weighted by molar-refractivity contribution is 0.0839. The van der Waals surface area contributed by atoms with Gasteiger partial charge in [-0.25, -0.2) is 8.78 Å². The number of hydrogen-bond donors (Lipinski definition) is 2. The predicted octanol–water partition coefficient (Wildman–Crippen LogP) is 1.51. The highest BCUT2D eigenvalue weighted by Crippen LogP contribution is 2.33. The van der Waals surface area contributed by atoms with Gasteiger partial charge in [-0.2, -0.15) is 0 Å². The maximum atomic E-state index is 13.6. The van der Waals surface area contributed by atoms with Gasteiger partial charge in [0.2, 0.25) is 0 Å². The minimum Gasteiger partial charge on any atom is -0.397 e. The van der Waals surface area contributed by atoms with Gasteiger partial charge in [0, 0.05) is 13.1 Å². The fraction of sp³-hybridized carbons (Fsp3) is 0.455. The van der Waals surface area contributed by atoms with Gasteiger partial charge in [0.1, 0.15) is 0 Å². The molecule has 1 aliphatic heterocycles. The zero-order valence-electron chi connectivity index (χ0n) is 9.00. The van der Waals surface area contributed by atoms with E-state index >= 15 is 0 Å². The van der Waals surface area contributed by atoms with Crippen molar-refractivity contribution in [2.45, 2.75) is 18.9 Å². The van der Waals surface area contributed by atoms with Crippen molar-refractivity contribution in [2.75, 3.05) is 23.7 Å². The fourth-order valence-corrected chi connectivity index (χ4v) is 2.01. The topological polar surface area (TPSA) is 49.5 Å². The number of nitrogen functional groups attached to an aromatic ring is 1. The van der Waals surface area contributed by atoms with E-state index in [9.17, 15) is 13.9 Å². The first-order valence-electron chi connectivity index (χ1n) is 5.11. The molecule has 1 aromatic rings. The molecule has 16 heavy (non-hydrogen) atoms. The van der Waals surface area contributed by atoms with Crippen molar-refractivity contribution in [1.29, 1.82) is 0 Å². The number of nitrogens with two attached hydrogens (primary N) is 1. The van der Waals surface area contributed by atoms with Crippen LogP contribution < -0.4 is 10.6 Å². The Morgan fingerprint density at radius 3 is 2.69 bits per heavy atom. The molecule has 2 rings (SSSR count). The molecule has 1 heterocycles. The third-order valence-electron chi connectivity index (χ3n) is 2.87. The first kappa shape index (κ1) is 11.1. The summed E-state index contributed by atoms with van der Waals surface area (Å²) in [6.45, 7) is 2.40. The van der Waals surface area contributed by atoms with E-state index in [0.717, 1.165) is 6.07 Å². The van der Waals surface area contributed by atoms with Gasteiger partial charge in [-0.1, -0.05) is 0 Å². The quantitative estimate of drug-likeness (QED) is 0.716. The highest BCUT2D eigenvalue weighted by Gasteiger charge is 2.33. The number of halogens is 2. The van der Waals surface area contributed by atoms with Crippen molar-refractivity contribution in [1.82, 2.24) is 0 Å². The standard InChI is InChI=1S/C11H14F2N2O/c1-11(16)4-5-15(6-11)10-8(14)3-2-7(12)9(10)13/h2-3,16H,4-6,14H2,1H3. The predicted molar refractivity (Wildman–Crippen MR) is 58.2 cm³/mol. The maximum absolute atomic E-state index is 13.6. The van der Waals surface area contributed by atoms with E-state index in [1.54, 1.807) is 11.8 Å². The van der Waals surface area contributed by atoms with Gasteiger partial charge in [0.15, 0.2) is 11.6 Å². The Morgan fingerprint density at radius 2 is 2.12 bits per heavy atom. The normalized spacial score (nSPS) is 25.1. The van der Waals surface area contributed by atoms with Crippen LogP contribution in [0.1, 0.15) is 13.3 Å². The summed E-state index contributed by atoms with van der Waals surface area (Å²) in [5.74, 6) is -1.87. The number of β-amino-alcohol motifs (C(OH)–C–C–N with tert-alkyl or cyclic N) is 1. The maximum Gasteiger partial charge on any atom is 0.184 e. The molecule has 0 saturated carbocycles. The molecule has 0 radical (unpaired) electrons. The van der Waals surface area contributed by atoms with Crippen LogP contribution in [0.15, 0.2) is 12.1 Å². The Balaban J connectivity index is 2.38. The van der Waals surface area contributed by atoms with Crippen LogP contribution >= 0.6 is 0 Å². The van der Waals surface area contributed by atoms with Crippen LogP contribution in [0.3, 0.4) is 0 Å². The van der Waals surface area contributed by atoms with Crippen LogP contribution in [-0.2, 0) is 0 Å². The van der Waals surface area contributed by atoms with Gasteiger partial charge in [0.05, 0.1) is 17.0 Å². The zero-order valence-corrected chi connectivity index (χ0v) is 9.00. The smallest absolute Gasteiger partial charge is 0.184 e. The number of hydrogen-bond acceptors (Lipinski definition) is 3. The third-order valence-corrected chi connectivity index (χ3v) is 2.87. The summed E-state index contributed by atoms with van der Waals surface area (Å²) in [6.07, 6.45) is 0.516. The molecule has 0 bridgehead atoms. The van der Waals surface area contributed by atoms with E-state index < -0.39 is 17.2 Å². The van der Waals surface area contributed by atoms with Gasteiger partial charge in [0.25, 0.3) is 0 Å². The van der Waals surface area contributed by atoms with E-state index in [-0.39, 0.29) is 17.9 Å². The second-order valence-electron chi connectivity index (χ2n) is 4.47. The lowest BCUT2D eigenvalue weighted by Crippen LogP contribution is -2.30. The molecule has 0 amide bonds. The van der Waals surface area contributed by atoms with Gasteiger partial charge in [-0.3, -0.25) is 0 Å². The fourth-order valence-electron chi connectivity index (χ4n) is 2.01. The minimum absolute atomic E-state index is 0.0535. The zero-order chi connectivity index (χ0) is 11.9. The monoisotopic (exact) mass is 228 g/mol. The van der Waals surface area contributed by atoms with E-state index in [4.69, 9.17) is 5.73 Å². The number of nitrogens with zero attached hydrogens (tertiary/aromatic N) is 1. The SMILES string of the molecule is CC1(O)CCN(c2c(N)ccc(F)c2F)C1. The molecular formula is C11H14F2N2O. The first-order chi connectivity index (χ1) is 7.41. The van der Waals surface area contributed by atoms with E-state index in [2.05, 4.69) is 0 Å².